The Morgan fingerprint density at radius 1 is 0.521 bits per heavy atom. The lowest BCUT2D eigenvalue weighted by Crippen LogP contribution is -1.89. The average molecular weight is 628 g/mol. The van der Waals surface area contributed by atoms with Crippen molar-refractivity contribution in [2.45, 2.75) is 27.7 Å². The van der Waals surface area contributed by atoms with Gasteiger partial charge in [0.05, 0.1) is 43.9 Å². The van der Waals surface area contributed by atoms with Crippen LogP contribution in [0.3, 0.4) is 0 Å². The third-order valence-corrected chi connectivity index (χ3v) is 9.73. The lowest BCUT2D eigenvalue weighted by atomic mass is 9.99. The van der Waals surface area contributed by atoms with Gasteiger partial charge in [-0.05, 0) is 78.8 Å². The molecule has 0 radical (unpaired) electrons. The molecule has 7 nitrogen and oxygen atoms in total. The van der Waals surface area contributed by atoms with Crippen LogP contribution < -0.4 is 0 Å². The minimum atomic E-state index is -0.313. The molecule has 8 bridgehead atoms. The Hall–Kier alpha value is -6.21. The van der Waals surface area contributed by atoms with E-state index >= 15 is 0 Å². The summed E-state index contributed by atoms with van der Waals surface area (Å²) in [6.07, 6.45) is 3.93. The van der Waals surface area contributed by atoms with E-state index in [0.717, 1.165) is 83.4 Å². The quantitative estimate of drug-likeness (QED) is 0.134. The first-order valence-electron chi connectivity index (χ1n) is 16.0. The molecular formula is C41H33N5O2. The van der Waals surface area contributed by atoms with Crippen molar-refractivity contribution in [3.05, 3.63) is 141 Å². The Bertz CT molecular complexity index is 2560. The first-order valence-corrected chi connectivity index (χ1v) is 16.0. The average Bonchev–Trinajstić information content (AvgIpc) is 3.89. The molecule has 3 N–H and O–H groups in total. The second kappa shape index (κ2) is 11.2. The molecule has 0 saturated heterocycles. The summed E-state index contributed by atoms with van der Waals surface area (Å²) in [5.41, 5.74) is 16.2. The highest BCUT2D eigenvalue weighted by molar-refractivity contribution is 6.05. The maximum atomic E-state index is 12.7. The van der Waals surface area contributed by atoms with Crippen LogP contribution in [0.5, 0.6) is 0 Å². The molecule has 0 fully saturated rings. The molecule has 234 valence electrons. The topological polar surface area (TPSA) is 103 Å². The Morgan fingerprint density at radius 2 is 0.917 bits per heavy atom. The number of aryl methyl sites for hydroxylation is 4. The monoisotopic (exact) mass is 627 g/mol. The summed E-state index contributed by atoms with van der Waals surface area (Å²) in [5.74, 6) is 0. The number of aromatic amines is 3. The Kier molecular flexibility index (Phi) is 6.84. The van der Waals surface area contributed by atoms with Gasteiger partial charge in [-0.15, -0.1) is 0 Å². The summed E-state index contributed by atoms with van der Waals surface area (Å²) in [6, 6.07) is 32.1. The maximum Gasteiger partial charge on any atom is 0.295 e. The van der Waals surface area contributed by atoms with Crippen molar-refractivity contribution in [3.63, 3.8) is 0 Å². The lowest BCUT2D eigenvalue weighted by Gasteiger charge is -2.06. The zero-order chi connectivity index (χ0) is 33.1. The summed E-state index contributed by atoms with van der Waals surface area (Å²) in [4.78, 5) is 28.7. The fourth-order valence-corrected chi connectivity index (χ4v) is 7.00. The molecule has 1 aliphatic rings. The number of hydrogen-bond donors (Lipinski definition) is 3. The molecule has 3 aromatic carbocycles. The highest BCUT2D eigenvalue weighted by atomic mass is 16.6. The fourth-order valence-electron chi connectivity index (χ4n) is 7.00. The number of fused-ring (bicyclic) bond motifs is 9. The summed E-state index contributed by atoms with van der Waals surface area (Å²) >= 11 is 0. The first kappa shape index (κ1) is 29.2. The SMILES string of the molecule is Cc1c(C)c2[nH]c1c(-c1ccccc1)c1nc(c3cc([N+](=O)[O-])c([nH]3)c(-c3ccccc3)c3[nH]c(c(C)c3C)c2-c2ccccc2)C=C1. The molecule has 0 unspecified atom stereocenters. The summed E-state index contributed by atoms with van der Waals surface area (Å²) in [6.45, 7) is 8.53. The number of benzene rings is 3. The summed E-state index contributed by atoms with van der Waals surface area (Å²) in [7, 11) is 0. The van der Waals surface area contributed by atoms with E-state index in [9.17, 15) is 10.1 Å². The van der Waals surface area contributed by atoms with Crippen molar-refractivity contribution in [3.8, 4) is 33.4 Å². The Labute approximate surface area is 277 Å². The minimum Gasteiger partial charge on any atom is -0.354 e. The van der Waals surface area contributed by atoms with Gasteiger partial charge in [-0.1, -0.05) is 91.0 Å². The maximum absolute atomic E-state index is 12.7. The van der Waals surface area contributed by atoms with Crippen LogP contribution in [0.2, 0.25) is 0 Å². The van der Waals surface area contributed by atoms with Crippen molar-refractivity contribution in [1.82, 2.24) is 19.9 Å². The summed E-state index contributed by atoms with van der Waals surface area (Å²) in [5, 5.41) is 12.7. The second-order valence-corrected chi connectivity index (χ2v) is 12.4. The van der Waals surface area contributed by atoms with Crippen molar-refractivity contribution in [1.29, 1.82) is 0 Å². The Balaban J connectivity index is 1.70. The Morgan fingerprint density at radius 3 is 1.38 bits per heavy atom. The van der Waals surface area contributed by atoms with Gasteiger partial charge in [0.25, 0.3) is 5.69 Å². The van der Waals surface area contributed by atoms with E-state index < -0.39 is 0 Å². The molecule has 7 heteroatoms. The molecule has 1 aliphatic heterocycles. The van der Waals surface area contributed by atoms with Crippen LogP contribution in [0.1, 0.15) is 33.6 Å². The highest BCUT2D eigenvalue weighted by Crippen LogP contribution is 2.42. The van der Waals surface area contributed by atoms with Gasteiger partial charge in [-0.2, -0.15) is 0 Å². The van der Waals surface area contributed by atoms with E-state index in [1.165, 1.54) is 0 Å². The zero-order valence-electron chi connectivity index (χ0n) is 27.1. The predicted octanol–water partition coefficient (Wildman–Crippen LogP) is 10.8. The number of rotatable bonds is 4. The van der Waals surface area contributed by atoms with E-state index in [2.05, 4.69) is 79.0 Å². The van der Waals surface area contributed by atoms with Crippen LogP contribution in [-0.2, 0) is 0 Å². The standard InChI is InChI=1S/C41H33N5O2/c1-23-24(2)38-35(28-16-10-6-11-17-28)39-25(3)26(4)40(45-39)36(29-18-12-7-13-19-29)41-33(46(47)48)22-32(43-41)30-20-21-31(42-30)34(37(23)44-38)27-14-8-5-9-15-27/h5-22,43-45H,1-4H3. The van der Waals surface area contributed by atoms with Crippen molar-refractivity contribution < 1.29 is 4.92 Å². The molecule has 48 heavy (non-hydrogen) atoms. The number of hydrogen-bond acceptors (Lipinski definition) is 3. The molecule has 4 aromatic heterocycles. The van der Waals surface area contributed by atoms with Gasteiger partial charge in [0, 0.05) is 22.8 Å². The molecule has 0 amide bonds. The molecule has 7 aromatic rings. The van der Waals surface area contributed by atoms with Crippen molar-refractivity contribution in [2.75, 3.05) is 0 Å². The number of nitrogens with one attached hydrogen (secondary N) is 3. The molecule has 0 spiro atoms. The molecule has 0 atom stereocenters. The van der Waals surface area contributed by atoms with Gasteiger partial charge in [0.15, 0.2) is 0 Å². The normalized spacial score (nSPS) is 11.8. The number of nitrogens with zero attached hydrogens (tertiary/aromatic N) is 2. The minimum absolute atomic E-state index is 0.00735. The van der Waals surface area contributed by atoms with E-state index in [1.807, 2.05) is 66.7 Å². The fraction of sp³-hybridized carbons (Fsp3) is 0.0976. The number of aromatic nitrogens is 4. The van der Waals surface area contributed by atoms with Crippen LogP contribution >= 0.6 is 0 Å². The third kappa shape index (κ3) is 4.54. The van der Waals surface area contributed by atoms with E-state index in [1.54, 1.807) is 6.07 Å². The summed E-state index contributed by atoms with van der Waals surface area (Å²) < 4.78 is 0. The van der Waals surface area contributed by atoms with E-state index in [-0.39, 0.29) is 10.6 Å². The smallest absolute Gasteiger partial charge is 0.295 e. The highest BCUT2D eigenvalue weighted by Gasteiger charge is 2.24. The second-order valence-electron chi connectivity index (χ2n) is 12.4. The van der Waals surface area contributed by atoms with E-state index in [4.69, 9.17) is 4.98 Å². The molecule has 8 rings (SSSR count). The van der Waals surface area contributed by atoms with Gasteiger partial charge >= 0.3 is 0 Å². The lowest BCUT2D eigenvalue weighted by molar-refractivity contribution is -0.382. The van der Waals surface area contributed by atoms with E-state index in [0.29, 0.717) is 16.7 Å². The van der Waals surface area contributed by atoms with Gasteiger partial charge in [0.1, 0.15) is 5.52 Å². The van der Waals surface area contributed by atoms with Crippen molar-refractivity contribution in [2.24, 2.45) is 0 Å². The number of nitro groups is 1. The van der Waals surface area contributed by atoms with Gasteiger partial charge in [-0.25, -0.2) is 4.98 Å². The van der Waals surface area contributed by atoms with Gasteiger partial charge in [0.2, 0.25) is 0 Å². The van der Waals surface area contributed by atoms with Crippen LogP contribution in [0.15, 0.2) is 97.1 Å². The molecule has 0 aliphatic carbocycles. The zero-order valence-corrected chi connectivity index (χ0v) is 27.1. The first-order chi connectivity index (χ1) is 23.3. The predicted molar refractivity (Wildman–Crippen MR) is 197 cm³/mol. The van der Waals surface area contributed by atoms with Gasteiger partial charge in [-0.3, -0.25) is 10.1 Å². The van der Waals surface area contributed by atoms with Gasteiger partial charge < -0.3 is 15.0 Å². The molecule has 0 saturated carbocycles. The molecule has 5 heterocycles. The largest absolute Gasteiger partial charge is 0.354 e. The van der Waals surface area contributed by atoms with Crippen LogP contribution in [0, 0.1) is 37.8 Å². The van der Waals surface area contributed by atoms with Crippen LogP contribution in [0.4, 0.5) is 5.69 Å². The van der Waals surface area contributed by atoms with Crippen LogP contribution in [0.25, 0.3) is 78.6 Å². The third-order valence-electron chi connectivity index (χ3n) is 9.73. The van der Waals surface area contributed by atoms with Crippen LogP contribution in [-0.4, -0.2) is 24.9 Å². The number of H-pyrrole nitrogens is 3. The molecular weight excluding hydrogens is 594 g/mol. The van der Waals surface area contributed by atoms with Crippen molar-refractivity contribution >= 4 is 50.9 Å².